The minimum atomic E-state index is 0.0244. The molecule has 6 nitrogen and oxygen atoms in total. The van der Waals surface area contributed by atoms with E-state index in [9.17, 15) is 0 Å². The maximum atomic E-state index is 5.06. The zero-order valence-electron chi connectivity index (χ0n) is 15.0. The van der Waals surface area contributed by atoms with Crippen LogP contribution in [0.15, 0.2) is 30.6 Å². The van der Waals surface area contributed by atoms with Gasteiger partial charge < -0.3 is 10.1 Å². The molecule has 25 heavy (non-hydrogen) atoms. The van der Waals surface area contributed by atoms with E-state index in [4.69, 9.17) is 9.72 Å². The Bertz CT molecular complexity index is 868. The van der Waals surface area contributed by atoms with E-state index in [1.165, 1.54) is 0 Å². The van der Waals surface area contributed by atoms with Crippen molar-refractivity contribution >= 4 is 23.0 Å². The summed E-state index contributed by atoms with van der Waals surface area (Å²) in [5.41, 5.74) is 2.68. The zero-order valence-corrected chi connectivity index (χ0v) is 15.8. The summed E-state index contributed by atoms with van der Waals surface area (Å²) in [6, 6.07) is 5.57. The first-order valence-corrected chi connectivity index (χ1v) is 8.77. The fourth-order valence-corrected chi connectivity index (χ4v) is 3.30. The third kappa shape index (κ3) is 3.93. The van der Waals surface area contributed by atoms with Gasteiger partial charge in [-0.3, -0.25) is 0 Å². The van der Waals surface area contributed by atoms with Crippen molar-refractivity contribution in [2.24, 2.45) is 0 Å². The molecule has 0 amide bonds. The smallest absolute Gasteiger partial charge is 0.227 e. The number of aryl methyl sites for hydroxylation is 1. The number of methoxy groups -OCH3 is 1. The van der Waals surface area contributed by atoms with Gasteiger partial charge in [-0.2, -0.15) is 0 Å². The SMILES string of the molecule is COc1ccc(Nc2nccc(-c3sc(C(C)(C)C)nc3C)n2)cn1. The number of ether oxygens (including phenoxy) is 1. The van der Waals surface area contributed by atoms with Gasteiger partial charge in [0.25, 0.3) is 0 Å². The van der Waals surface area contributed by atoms with Crippen molar-refractivity contribution in [2.75, 3.05) is 12.4 Å². The molecule has 0 bridgehead atoms. The van der Waals surface area contributed by atoms with Crippen LogP contribution >= 0.6 is 11.3 Å². The maximum absolute atomic E-state index is 5.06. The molecule has 0 radical (unpaired) electrons. The van der Waals surface area contributed by atoms with Crippen molar-refractivity contribution in [3.63, 3.8) is 0 Å². The van der Waals surface area contributed by atoms with E-state index >= 15 is 0 Å². The molecule has 0 fully saturated rings. The Morgan fingerprint density at radius 2 is 1.88 bits per heavy atom. The Hall–Kier alpha value is -2.54. The number of anilines is 2. The van der Waals surface area contributed by atoms with E-state index in [-0.39, 0.29) is 5.41 Å². The molecule has 130 valence electrons. The highest BCUT2D eigenvalue weighted by Gasteiger charge is 2.21. The number of hydrogen-bond acceptors (Lipinski definition) is 7. The van der Waals surface area contributed by atoms with Crippen molar-refractivity contribution in [3.8, 4) is 16.5 Å². The molecule has 0 saturated heterocycles. The standard InChI is InChI=1S/C18H21N5OS/c1-11-15(25-16(21-11)18(2,3)4)13-8-9-19-17(23-13)22-12-6-7-14(24-5)20-10-12/h6-10H,1-5H3,(H,19,22,23). The summed E-state index contributed by atoms with van der Waals surface area (Å²) in [6.45, 7) is 8.51. The van der Waals surface area contributed by atoms with Gasteiger partial charge >= 0.3 is 0 Å². The van der Waals surface area contributed by atoms with E-state index in [1.807, 2.05) is 19.1 Å². The monoisotopic (exact) mass is 355 g/mol. The molecule has 3 heterocycles. The second-order valence-electron chi connectivity index (χ2n) is 6.66. The first-order valence-electron chi connectivity index (χ1n) is 7.95. The lowest BCUT2D eigenvalue weighted by molar-refractivity contribution is 0.398. The van der Waals surface area contributed by atoms with Crippen LogP contribution in [0.4, 0.5) is 11.6 Å². The molecule has 0 unspecified atom stereocenters. The van der Waals surface area contributed by atoms with Crippen molar-refractivity contribution in [3.05, 3.63) is 41.3 Å². The van der Waals surface area contributed by atoms with Gasteiger partial charge in [0.15, 0.2) is 0 Å². The van der Waals surface area contributed by atoms with Gasteiger partial charge in [0.1, 0.15) is 0 Å². The first kappa shape index (κ1) is 17.3. The van der Waals surface area contributed by atoms with Crippen LogP contribution in [0.1, 0.15) is 31.5 Å². The highest BCUT2D eigenvalue weighted by molar-refractivity contribution is 7.15. The van der Waals surface area contributed by atoms with Crippen molar-refractivity contribution < 1.29 is 4.74 Å². The summed E-state index contributed by atoms with van der Waals surface area (Å²) < 4.78 is 5.06. The number of nitrogens with zero attached hydrogens (tertiary/aromatic N) is 4. The summed E-state index contributed by atoms with van der Waals surface area (Å²) in [5.74, 6) is 1.09. The number of thiazole rings is 1. The number of aromatic nitrogens is 4. The molecule has 3 aromatic heterocycles. The summed E-state index contributed by atoms with van der Waals surface area (Å²) >= 11 is 1.68. The minimum absolute atomic E-state index is 0.0244. The van der Waals surface area contributed by atoms with E-state index in [1.54, 1.807) is 36.9 Å². The van der Waals surface area contributed by atoms with Crippen molar-refractivity contribution in [2.45, 2.75) is 33.1 Å². The van der Waals surface area contributed by atoms with Gasteiger partial charge in [0.2, 0.25) is 11.8 Å². The molecule has 7 heteroatoms. The average molecular weight is 355 g/mol. The molecule has 0 aromatic carbocycles. The van der Waals surface area contributed by atoms with Crippen LogP contribution < -0.4 is 10.1 Å². The van der Waals surface area contributed by atoms with Gasteiger partial charge in [-0.15, -0.1) is 11.3 Å². The van der Waals surface area contributed by atoms with Crippen LogP contribution in [0.5, 0.6) is 5.88 Å². The van der Waals surface area contributed by atoms with Gasteiger partial charge in [-0.05, 0) is 19.1 Å². The zero-order chi connectivity index (χ0) is 18.0. The first-order chi connectivity index (χ1) is 11.9. The van der Waals surface area contributed by atoms with Gasteiger partial charge in [-0.1, -0.05) is 20.8 Å². The Kier molecular flexibility index (Phi) is 4.67. The predicted molar refractivity (Wildman–Crippen MR) is 101 cm³/mol. The highest BCUT2D eigenvalue weighted by Crippen LogP contribution is 2.35. The molecule has 0 saturated carbocycles. The summed E-state index contributed by atoms with van der Waals surface area (Å²) in [6.07, 6.45) is 3.43. The second-order valence-corrected chi connectivity index (χ2v) is 7.66. The Morgan fingerprint density at radius 1 is 1.08 bits per heavy atom. The number of rotatable bonds is 4. The minimum Gasteiger partial charge on any atom is -0.481 e. The lowest BCUT2D eigenvalue weighted by Crippen LogP contribution is -2.10. The number of hydrogen-bond donors (Lipinski definition) is 1. The number of pyridine rings is 1. The predicted octanol–water partition coefficient (Wildman–Crippen LogP) is 4.35. The van der Waals surface area contributed by atoms with E-state index in [0.29, 0.717) is 11.8 Å². The van der Waals surface area contributed by atoms with Gasteiger partial charge in [0, 0.05) is 17.7 Å². The van der Waals surface area contributed by atoms with Crippen LogP contribution in [0.2, 0.25) is 0 Å². The molecule has 0 aliphatic rings. The Labute approximate surface area is 151 Å². The molecule has 0 aliphatic heterocycles. The summed E-state index contributed by atoms with van der Waals surface area (Å²) in [4.78, 5) is 18.9. The Morgan fingerprint density at radius 3 is 2.48 bits per heavy atom. The van der Waals surface area contributed by atoms with Crippen LogP contribution in [-0.2, 0) is 5.41 Å². The van der Waals surface area contributed by atoms with Crippen LogP contribution in [0, 0.1) is 6.92 Å². The van der Waals surface area contributed by atoms with Crippen LogP contribution in [-0.4, -0.2) is 27.0 Å². The maximum Gasteiger partial charge on any atom is 0.227 e. The van der Waals surface area contributed by atoms with E-state index in [0.717, 1.165) is 27.0 Å². The topological polar surface area (TPSA) is 72.8 Å². The van der Waals surface area contributed by atoms with Crippen LogP contribution in [0.3, 0.4) is 0 Å². The molecule has 0 atom stereocenters. The lowest BCUT2D eigenvalue weighted by atomic mass is 9.98. The van der Waals surface area contributed by atoms with Gasteiger partial charge in [0.05, 0.1) is 40.3 Å². The fourth-order valence-electron chi connectivity index (χ4n) is 2.20. The Balaban J connectivity index is 1.87. The molecule has 0 spiro atoms. The molecular formula is C18H21N5OS. The molecule has 1 N–H and O–H groups in total. The average Bonchev–Trinajstić information content (AvgIpc) is 2.98. The molecular weight excluding hydrogens is 334 g/mol. The normalized spacial score (nSPS) is 11.4. The molecule has 3 rings (SSSR count). The number of nitrogens with one attached hydrogen (secondary N) is 1. The van der Waals surface area contributed by atoms with E-state index in [2.05, 4.69) is 41.0 Å². The quantitative estimate of drug-likeness (QED) is 0.750. The third-order valence-corrected chi connectivity index (χ3v) is 5.13. The second kappa shape index (κ2) is 6.76. The summed E-state index contributed by atoms with van der Waals surface area (Å²) in [7, 11) is 1.59. The third-order valence-electron chi connectivity index (χ3n) is 3.53. The van der Waals surface area contributed by atoms with Gasteiger partial charge in [-0.25, -0.2) is 19.9 Å². The molecule has 0 aliphatic carbocycles. The van der Waals surface area contributed by atoms with Crippen molar-refractivity contribution in [1.29, 1.82) is 0 Å². The molecule has 3 aromatic rings. The lowest BCUT2D eigenvalue weighted by Gasteiger charge is -2.13. The fraction of sp³-hybridized carbons (Fsp3) is 0.333. The van der Waals surface area contributed by atoms with Crippen LogP contribution in [0.25, 0.3) is 10.6 Å². The van der Waals surface area contributed by atoms with Crippen molar-refractivity contribution in [1.82, 2.24) is 19.9 Å². The van der Waals surface area contributed by atoms with E-state index < -0.39 is 0 Å². The summed E-state index contributed by atoms with van der Waals surface area (Å²) in [5, 5.41) is 4.27. The largest absolute Gasteiger partial charge is 0.481 e. The highest BCUT2D eigenvalue weighted by atomic mass is 32.1.